The highest BCUT2D eigenvalue weighted by Gasteiger charge is 2.16. The molecule has 1 aromatic carbocycles. The van der Waals surface area contributed by atoms with Gasteiger partial charge in [0.15, 0.2) is 0 Å². The second-order valence-electron chi connectivity index (χ2n) is 5.48. The molecule has 0 bridgehead atoms. The summed E-state index contributed by atoms with van der Waals surface area (Å²) in [6, 6.07) is 5.41. The van der Waals surface area contributed by atoms with Gasteiger partial charge in [0.2, 0.25) is 0 Å². The molecule has 0 aliphatic carbocycles. The van der Waals surface area contributed by atoms with E-state index >= 15 is 0 Å². The SMILES string of the molecule is COc1ccc(/C=N\NC(=O)CN2CCN(C)CC2)c(OC)c1. The highest BCUT2D eigenvalue weighted by molar-refractivity contribution is 5.86. The van der Waals surface area contributed by atoms with Crippen molar-refractivity contribution in [2.75, 3.05) is 54.0 Å². The molecule has 126 valence electrons. The zero-order chi connectivity index (χ0) is 16.7. The summed E-state index contributed by atoms with van der Waals surface area (Å²) in [7, 11) is 5.27. The molecule has 1 aliphatic heterocycles. The molecule has 2 rings (SSSR count). The minimum absolute atomic E-state index is 0.113. The van der Waals surface area contributed by atoms with Gasteiger partial charge in [0, 0.05) is 37.8 Å². The fourth-order valence-electron chi connectivity index (χ4n) is 2.34. The van der Waals surface area contributed by atoms with E-state index in [0.29, 0.717) is 18.0 Å². The maximum absolute atomic E-state index is 11.9. The lowest BCUT2D eigenvalue weighted by Crippen LogP contribution is -2.47. The first-order chi connectivity index (χ1) is 11.1. The zero-order valence-electron chi connectivity index (χ0n) is 13.9. The van der Waals surface area contributed by atoms with Gasteiger partial charge in [-0.25, -0.2) is 5.43 Å². The fourth-order valence-corrected chi connectivity index (χ4v) is 2.34. The van der Waals surface area contributed by atoms with E-state index in [1.807, 2.05) is 12.1 Å². The Bertz CT molecular complexity index is 554. The standard InChI is InChI=1S/C16H24N4O3/c1-19-6-8-20(9-7-19)12-16(21)18-17-11-13-4-5-14(22-2)10-15(13)23-3/h4-5,10-11H,6-9,12H2,1-3H3,(H,18,21)/b17-11-. The van der Waals surface area contributed by atoms with Gasteiger partial charge in [0.25, 0.3) is 5.91 Å². The van der Waals surface area contributed by atoms with E-state index in [0.717, 1.165) is 31.7 Å². The third-order valence-electron chi connectivity index (χ3n) is 3.80. The van der Waals surface area contributed by atoms with Crippen molar-refractivity contribution in [3.05, 3.63) is 23.8 Å². The summed E-state index contributed by atoms with van der Waals surface area (Å²) in [5.74, 6) is 1.23. The van der Waals surface area contributed by atoms with Crippen LogP contribution in [0.25, 0.3) is 0 Å². The van der Waals surface area contributed by atoms with Crippen LogP contribution in [0.1, 0.15) is 5.56 Å². The molecule has 0 saturated carbocycles. The third kappa shape index (κ3) is 5.22. The Morgan fingerprint density at radius 1 is 1.26 bits per heavy atom. The maximum atomic E-state index is 11.9. The zero-order valence-corrected chi connectivity index (χ0v) is 13.9. The number of hydrazone groups is 1. The first-order valence-electron chi connectivity index (χ1n) is 7.57. The van der Waals surface area contributed by atoms with Gasteiger partial charge in [-0.15, -0.1) is 0 Å². The van der Waals surface area contributed by atoms with Crippen LogP contribution in [0.2, 0.25) is 0 Å². The Balaban J connectivity index is 1.85. The van der Waals surface area contributed by atoms with E-state index in [9.17, 15) is 4.79 Å². The number of benzene rings is 1. The van der Waals surface area contributed by atoms with E-state index in [1.54, 1.807) is 26.5 Å². The summed E-state index contributed by atoms with van der Waals surface area (Å²) in [4.78, 5) is 16.3. The number of carbonyl (C=O) groups is 1. The monoisotopic (exact) mass is 320 g/mol. The van der Waals surface area contributed by atoms with Crippen LogP contribution in [0.5, 0.6) is 11.5 Å². The van der Waals surface area contributed by atoms with Gasteiger partial charge in [0.05, 0.1) is 27.0 Å². The molecule has 7 nitrogen and oxygen atoms in total. The van der Waals surface area contributed by atoms with E-state index in [1.165, 1.54) is 0 Å². The predicted molar refractivity (Wildman–Crippen MR) is 89.2 cm³/mol. The van der Waals surface area contributed by atoms with Crippen molar-refractivity contribution >= 4 is 12.1 Å². The number of nitrogens with one attached hydrogen (secondary N) is 1. The number of carbonyl (C=O) groups excluding carboxylic acids is 1. The van der Waals surface area contributed by atoms with Crippen LogP contribution in [-0.2, 0) is 4.79 Å². The molecule has 1 aliphatic rings. The Kier molecular flexibility index (Phi) is 6.37. The number of piperazine rings is 1. The molecule has 0 unspecified atom stereocenters. The lowest BCUT2D eigenvalue weighted by Gasteiger charge is -2.31. The van der Waals surface area contributed by atoms with Crippen LogP contribution < -0.4 is 14.9 Å². The van der Waals surface area contributed by atoms with Crippen molar-refractivity contribution in [1.29, 1.82) is 0 Å². The second-order valence-corrected chi connectivity index (χ2v) is 5.48. The van der Waals surface area contributed by atoms with E-state index in [4.69, 9.17) is 9.47 Å². The molecule has 1 aromatic rings. The molecule has 0 radical (unpaired) electrons. The van der Waals surface area contributed by atoms with Gasteiger partial charge < -0.3 is 14.4 Å². The average Bonchev–Trinajstić information content (AvgIpc) is 2.57. The smallest absolute Gasteiger partial charge is 0.254 e. The first kappa shape index (κ1) is 17.2. The molecular formula is C16H24N4O3. The van der Waals surface area contributed by atoms with Gasteiger partial charge in [-0.05, 0) is 19.2 Å². The quantitative estimate of drug-likeness (QED) is 0.607. The average molecular weight is 320 g/mol. The van der Waals surface area contributed by atoms with E-state index < -0.39 is 0 Å². The number of hydrogen-bond donors (Lipinski definition) is 1. The van der Waals surface area contributed by atoms with Crippen molar-refractivity contribution in [2.24, 2.45) is 5.10 Å². The van der Waals surface area contributed by atoms with Crippen LogP contribution >= 0.6 is 0 Å². The highest BCUT2D eigenvalue weighted by atomic mass is 16.5. The minimum Gasteiger partial charge on any atom is -0.497 e. The lowest BCUT2D eigenvalue weighted by molar-refractivity contribution is -0.122. The third-order valence-corrected chi connectivity index (χ3v) is 3.80. The van der Waals surface area contributed by atoms with Crippen LogP contribution in [0.3, 0.4) is 0 Å². The van der Waals surface area contributed by atoms with Gasteiger partial charge in [-0.1, -0.05) is 0 Å². The van der Waals surface area contributed by atoms with E-state index in [2.05, 4.69) is 27.4 Å². The molecule has 1 heterocycles. The minimum atomic E-state index is -0.113. The van der Waals surface area contributed by atoms with Gasteiger partial charge in [-0.2, -0.15) is 5.10 Å². The summed E-state index contributed by atoms with van der Waals surface area (Å²) in [5, 5.41) is 4.00. The highest BCUT2D eigenvalue weighted by Crippen LogP contribution is 2.22. The largest absolute Gasteiger partial charge is 0.497 e. The normalized spacial score (nSPS) is 16.5. The summed E-state index contributed by atoms with van der Waals surface area (Å²) in [6.45, 7) is 4.14. The number of hydrogen-bond acceptors (Lipinski definition) is 6. The second kappa shape index (κ2) is 8.50. The van der Waals surface area contributed by atoms with Crippen LogP contribution in [0.15, 0.2) is 23.3 Å². The Labute approximate surface area is 136 Å². The Morgan fingerprint density at radius 2 is 2.00 bits per heavy atom. The summed E-state index contributed by atoms with van der Waals surface area (Å²) in [6.07, 6.45) is 1.57. The number of rotatable bonds is 6. The fraction of sp³-hybridized carbons (Fsp3) is 0.500. The van der Waals surface area contributed by atoms with Crippen LogP contribution in [0, 0.1) is 0 Å². The van der Waals surface area contributed by atoms with Crippen molar-refractivity contribution in [3.8, 4) is 11.5 Å². The Hall–Kier alpha value is -2.12. The van der Waals surface area contributed by atoms with Gasteiger partial charge >= 0.3 is 0 Å². The number of ether oxygens (including phenoxy) is 2. The molecule has 0 spiro atoms. The lowest BCUT2D eigenvalue weighted by atomic mass is 10.2. The maximum Gasteiger partial charge on any atom is 0.254 e. The van der Waals surface area contributed by atoms with Crippen molar-refractivity contribution < 1.29 is 14.3 Å². The Morgan fingerprint density at radius 3 is 2.65 bits per heavy atom. The molecule has 1 N–H and O–H groups in total. The number of methoxy groups -OCH3 is 2. The number of nitrogens with zero attached hydrogens (tertiary/aromatic N) is 3. The van der Waals surface area contributed by atoms with Crippen molar-refractivity contribution in [1.82, 2.24) is 15.2 Å². The molecule has 7 heteroatoms. The number of likely N-dealkylation sites (N-methyl/N-ethyl adjacent to an activating group) is 1. The molecule has 0 atom stereocenters. The summed E-state index contributed by atoms with van der Waals surface area (Å²) in [5.41, 5.74) is 3.33. The molecule has 23 heavy (non-hydrogen) atoms. The van der Waals surface area contributed by atoms with Crippen molar-refractivity contribution in [3.63, 3.8) is 0 Å². The predicted octanol–water partition coefficient (Wildman–Crippen LogP) is 0.401. The van der Waals surface area contributed by atoms with Crippen molar-refractivity contribution in [2.45, 2.75) is 0 Å². The summed E-state index contributed by atoms with van der Waals surface area (Å²) < 4.78 is 10.4. The molecule has 1 saturated heterocycles. The van der Waals surface area contributed by atoms with Crippen LogP contribution in [-0.4, -0.2) is 75.9 Å². The van der Waals surface area contributed by atoms with Crippen LogP contribution in [0.4, 0.5) is 0 Å². The van der Waals surface area contributed by atoms with Gasteiger partial charge in [-0.3, -0.25) is 9.69 Å². The summed E-state index contributed by atoms with van der Waals surface area (Å²) >= 11 is 0. The number of amides is 1. The van der Waals surface area contributed by atoms with Gasteiger partial charge in [0.1, 0.15) is 11.5 Å². The molecule has 0 aromatic heterocycles. The topological polar surface area (TPSA) is 66.4 Å². The van der Waals surface area contributed by atoms with E-state index in [-0.39, 0.29) is 5.91 Å². The molecular weight excluding hydrogens is 296 g/mol. The first-order valence-corrected chi connectivity index (χ1v) is 7.57. The molecule has 1 amide bonds. The molecule has 1 fully saturated rings.